The molecular weight excluding hydrogens is 624 g/mol. The van der Waals surface area contributed by atoms with Gasteiger partial charge < -0.3 is 39.7 Å². The summed E-state index contributed by atoms with van der Waals surface area (Å²) < 4.78 is 10.7. The fourth-order valence-electron chi connectivity index (χ4n) is 7.82. The van der Waals surface area contributed by atoms with Gasteiger partial charge in [0.05, 0.1) is 27.1 Å². The van der Waals surface area contributed by atoms with Gasteiger partial charge in [0.2, 0.25) is 17.7 Å². The summed E-state index contributed by atoms with van der Waals surface area (Å²) in [5, 5.41) is 5.92. The molecule has 4 aliphatic heterocycles. The molecule has 264 valence electrons. The lowest BCUT2D eigenvalue weighted by Gasteiger charge is -2.41. The quantitative estimate of drug-likeness (QED) is 0.395. The lowest BCUT2D eigenvalue weighted by Crippen LogP contribution is -2.55. The van der Waals surface area contributed by atoms with E-state index in [4.69, 9.17) is 9.47 Å². The van der Waals surface area contributed by atoms with Crippen LogP contribution in [0.15, 0.2) is 42.5 Å². The highest BCUT2D eigenvalue weighted by Crippen LogP contribution is 2.29. The first-order valence-electron chi connectivity index (χ1n) is 17.8. The Morgan fingerprint density at radius 1 is 0.837 bits per heavy atom. The Bertz CT molecular complexity index is 1500. The van der Waals surface area contributed by atoms with Crippen LogP contribution in [-0.4, -0.2) is 115 Å². The second-order valence-corrected chi connectivity index (χ2v) is 13.7. The molecule has 5 amide bonds. The van der Waals surface area contributed by atoms with Crippen molar-refractivity contribution >= 4 is 29.4 Å². The minimum atomic E-state index is -0.964. The molecule has 0 aliphatic carbocycles. The van der Waals surface area contributed by atoms with Crippen LogP contribution in [0.25, 0.3) is 0 Å². The Balaban J connectivity index is 1.08. The maximum atomic E-state index is 14.0. The molecule has 3 fully saturated rings. The van der Waals surface area contributed by atoms with Gasteiger partial charge in [0.25, 0.3) is 0 Å². The fourth-order valence-corrected chi connectivity index (χ4v) is 7.82. The Morgan fingerprint density at radius 2 is 1.51 bits per heavy atom. The van der Waals surface area contributed by atoms with Crippen molar-refractivity contribution in [2.45, 2.75) is 82.5 Å². The molecular formula is C37H50N6O6. The molecule has 0 aromatic heterocycles. The van der Waals surface area contributed by atoms with Gasteiger partial charge in [-0.3, -0.25) is 14.4 Å². The van der Waals surface area contributed by atoms with Crippen molar-refractivity contribution in [3.8, 4) is 11.5 Å². The molecule has 0 bridgehead atoms. The van der Waals surface area contributed by atoms with E-state index in [9.17, 15) is 19.2 Å². The van der Waals surface area contributed by atoms with Crippen LogP contribution in [0.4, 0.5) is 10.5 Å². The van der Waals surface area contributed by atoms with E-state index < -0.39 is 6.04 Å². The van der Waals surface area contributed by atoms with Crippen molar-refractivity contribution in [1.82, 2.24) is 24.9 Å². The minimum Gasteiger partial charge on any atom is -0.493 e. The highest BCUT2D eigenvalue weighted by Gasteiger charge is 2.36. The second kappa shape index (κ2) is 15.9. The van der Waals surface area contributed by atoms with E-state index in [-0.39, 0.29) is 42.6 Å². The van der Waals surface area contributed by atoms with Gasteiger partial charge in [0.15, 0.2) is 11.5 Å². The van der Waals surface area contributed by atoms with Gasteiger partial charge in [-0.05, 0) is 80.9 Å². The number of anilines is 1. The van der Waals surface area contributed by atoms with Gasteiger partial charge in [-0.2, -0.15) is 0 Å². The summed E-state index contributed by atoms with van der Waals surface area (Å²) in [6.45, 7) is 4.97. The maximum Gasteiger partial charge on any atom is 0.322 e. The van der Waals surface area contributed by atoms with E-state index in [0.717, 1.165) is 37.2 Å². The summed E-state index contributed by atoms with van der Waals surface area (Å²) in [6, 6.07) is 12.5. The molecule has 2 aromatic carbocycles. The zero-order valence-corrected chi connectivity index (χ0v) is 28.8. The Kier molecular flexibility index (Phi) is 11.2. The number of urea groups is 1. The lowest BCUT2D eigenvalue weighted by molar-refractivity contribution is -0.142. The molecule has 0 unspecified atom stereocenters. The molecule has 3 saturated heterocycles. The molecule has 49 heavy (non-hydrogen) atoms. The number of hydrogen-bond acceptors (Lipinski definition) is 7. The fraction of sp³-hybridized carbons (Fsp3) is 0.568. The van der Waals surface area contributed by atoms with E-state index in [1.807, 2.05) is 34.1 Å². The summed E-state index contributed by atoms with van der Waals surface area (Å²) in [4.78, 5) is 62.0. The van der Waals surface area contributed by atoms with Crippen LogP contribution in [-0.2, 0) is 27.3 Å². The molecule has 1 atom stereocenters. The topological polar surface area (TPSA) is 124 Å². The number of hydrogen-bond donors (Lipinski definition) is 2. The van der Waals surface area contributed by atoms with E-state index in [1.165, 1.54) is 19.3 Å². The number of nitrogens with one attached hydrogen (secondary N) is 2. The van der Waals surface area contributed by atoms with Crippen LogP contribution in [0.3, 0.4) is 0 Å². The number of carbonyl (C=O) groups is 4. The summed E-state index contributed by atoms with van der Waals surface area (Å²) in [5.74, 6) is 0.371. The number of para-hydroxylation sites is 1. The molecule has 12 heteroatoms. The number of piperidine rings is 3. The number of carbonyl (C=O) groups excluding carboxylic acids is 4. The van der Waals surface area contributed by atoms with Gasteiger partial charge in [0.1, 0.15) is 6.04 Å². The van der Waals surface area contributed by atoms with Crippen LogP contribution in [0.2, 0.25) is 0 Å². The monoisotopic (exact) mass is 674 g/mol. The Hall–Kier alpha value is -4.32. The number of fused-ring (bicyclic) bond motifs is 1. The minimum absolute atomic E-state index is 0.0113. The Labute approximate surface area is 289 Å². The molecule has 0 radical (unpaired) electrons. The number of amides is 5. The average Bonchev–Trinajstić information content (AvgIpc) is 3.14. The zero-order valence-electron chi connectivity index (χ0n) is 28.8. The summed E-state index contributed by atoms with van der Waals surface area (Å²) in [5.41, 5.74) is 2.63. The van der Waals surface area contributed by atoms with E-state index in [2.05, 4.69) is 15.5 Å². The zero-order chi connectivity index (χ0) is 34.3. The molecule has 2 N–H and O–H groups in total. The van der Waals surface area contributed by atoms with Crippen molar-refractivity contribution in [2.24, 2.45) is 0 Å². The lowest BCUT2D eigenvalue weighted by atomic mass is 9.98. The summed E-state index contributed by atoms with van der Waals surface area (Å²) >= 11 is 0. The molecule has 0 spiro atoms. The van der Waals surface area contributed by atoms with E-state index in [1.54, 1.807) is 37.3 Å². The predicted molar refractivity (Wildman–Crippen MR) is 185 cm³/mol. The smallest absolute Gasteiger partial charge is 0.322 e. The standard InChI is InChI=1S/C37H50N6O6/c1-48-32-11-10-26(22-33(32)49-2)23-34(44)38-31(36(46)42-20-12-28(13-21-42)40-16-6-3-7-17-40)24-35(45)41-18-14-29(15-19-41)43-25-27-8-4-5-9-30(27)39-37(43)47/h4-5,8-11,22,28-29,31H,3,6-7,12-21,23-25H2,1-2H3,(H,38,44)(H,39,47)/t31-/m0/s1. The van der Waals surface area contributed by atoms with Crippen molar-refractivity contribution in [1.29, 1.82) is 0 Å². The number of nitrogens with zero attached hydrogens (tertiary/aromatic N) is 4. The van der Waals surface area contributed by atoms with E-state index >= 15 is 0 Å². The molecule has 6 rings (SSSR count). The number of rotatable bonds is 10. The third-order valence-electron chi connectivity index (χ3n) is 10.6. The van der Waals surface area contributed by atoms with Crippen LogP contribution in [0.1, 0.15) is 62.5 Å². The van der Waals surface area contributed by atoms with Crippen molar-refractivity contribution in [2.75, 3.05) is 58.8 Å². The van der Waals surface area contributed by atoms with Gasteiger partial charge >= 0.3 is 6.03 Å². The van der Waals surface area contributed by atoms with Crippen LogP contribution < -0.4 is 20.1 Å². The highest BCUT2D eigenvalue weighted by molar-refractivity contribution is 5.93. The van der Waals surface area contributed by atoms with Crippen LogP contribution in [0.5, 0.6) is 11.5 Å². The highest BCUT2D eigenvalue weighted by atomic mass is 16.5. The second-order valence-electron chi connectivity index (χ2n) is 13.7. The SMILES string of the molecule is COc1ccc(CC(=O)N[C@@H](CC(=O)N2CCC(N3Cc4ccccc4NC3=O)CC2)C(=O)N2CCC(N3CCCCC3)CC2)cc1OC. The molecule has 2 aromatic rings. The molecule has 4 aliphatic rings. The molecule has 12 nitrogen and oxygen atoms in total. The number of methoxy groups -OCH3 is 2. The van der Waals surface area contributed by atoms with Crippen LogP contribution >= 0.6 is 0 Å². The van der Waals surface area contributed by atoms with Crippen molar-refractivity contribution < 1.29 is 28.7 Å². The average molecular weight is 675 g/mol. The van der Waals surface area contributed by atoms with Gasteiger partial charge in [-0.15, -0.1) is 0 Å². The first-order chi connectivity index (χ1) is 23.8. The van der Waals surface area contributed by atoms with Crippen LogP contribution in [0, 0.1) is 0 Å². The van der Waals surface area contributed by atoms with Gasteiger partial charge in [0, 0.05) is 50.5 Å². The van der Waals surface area contributed by atoms with E-state index in [0.29, 0.717) is 68.7 Å². The first kappa shape index (κ1) is 34.5. The number of ether oxygens (including phenoxy) is 2. The molecule has 4 heterocycles. The maximum absolute atomic E-state index is 14.0. The largest absolute Gasteiger partial charge is 0.493 e. The summed E-state index contributed by atoms with van der Waals surface area (Å²) in [7, 11) is 3.10. The predicted octanol–water partition coefficient (Wildman–Crippen LogP) is 3.64. The third-order valence-corrected chi connectivity index (χ3v) is 10.6. The first-order valence-corrected chi connectivity index (χ1v) is 17.8. The van der Waals surface area contributed by atoms with Gasteiger partial charge in [-0.25, -0.2) is 4.79 Å². The van der Waals surface area contributed by atoms with Crippen molar-refractivity contribution in [3.63, 3.8) is 0 Å². The Morgan fingerprint density at radius 3 is 2.22 bits per heavy atom. The molecule has 0 saturated carbocycles. The summed E-state index contributed by atoms with van der Waals surface area (Å²) in [6.07, 6.45) is 6.75. The van der Waals surface area contributed by atoms with Gasteiger partial charge in [-0.1, -0.05) is 30.7 Å². The third kappa shape index (κ3) is 8.29. The number of benzene rings is 2. The number of likely N-dealkylation sites (tertiary alicyclic amines) is 3. The normalized spacial score (nSPS) is 19.9. The van der Waals surface area contributed by atoms with Crippen molar-refractivity contribution in [3.05, 3.63) is 53.6 Å².